The molecule has 648 valence electrons. The molecule has 6 heteroatoms. The number of rotatable bonds is 11. The molecule has 0 nitrogen and oxygen atoms in total. The zero-order valence-electron chi connectivity index (χ0n) is 81.8. The molecule has 0 spiro atoms. The topological polar surface area (TPSA) is 0 Å². The number of hydrogen-bond donors (Lipinski definition) is 0. The van der Waals surface area contributed by atoms with Gasteiger partial charge in [0.05, 0.1) is 10.8 Å². The van der Waals surface area contributed by atoms with Gasteiger partial charge in [0.25, 0.3) is 0 Å². The van der Waals surface area contributed by atoms with Crippen LogP contribution in [0.4, 0.5) is 26.3 Å². The fourth-order valence-corrected chi connectivity index (χ4v) is 14.0. The van der Waals surface area contributed by atoms with Gasteiger partial charge >= 0.3 is 12.4 Å². The van der Waals surface area contributed by atoms with Crippen molar-refractivity contribution >= 4 is 0 Å². The van der Waals surface area contributed by atoms with Gasteiger partial charge in [0.2, 0.25) is 0 Å². The first-order valence-corrected chi connectivity index (χ1v) is 43.0. The lowest BCUT2D eigenvalue weighted by molar-refractivity contribution is -0.211. The van der Waals surface area contributed by atoms with Gasteiger partial charge in [-0.3, -0.25) is 0 Å². The fourth-order valence-electron chi connectivity index (χ4n) is 14.0. The molecule has 0 radical (unpaired) electrons. The van der Waals surface area contributed by atoms with Gasteiger partial charge in [-0.05, 0) is 380 Å². The average molecular weight is 1610 g/mol. The average Bonchev–Trinajstić information content (AvgIpc) is 0.818. The predicted octanol–water partition coefficient (Wildman–Crippen LogP) is 35.0. The van der Waals surface area contributed by atoms with Gasteiger partial charge in [-0.25, -0.2) is 0 Å². The molecule has 117 heavy (non-hydrogen) atoms. The smallest absolute Gasteiger partial charge is 0.171 e. The summed E-state index contributed by atoms with van der Waals surface area (Å²) in [5, 5.41) is 0. The van der Waals surface area contributed by atoms with E-state index in [0.29, 0.717) is 40.4 Å². The second-order valence-electron chi connectivity index (χ2n) is 39.4. The second kappa shape index (κ2) is 46.9. The van der Waals surface area contributed by atoms with E-state index in [1.807, 2.05) is 58.9 Å². The Kier molecular flexibility index (Phi) is 43.2. The molecule has 9 aromatic carbocycles. The van der Waals surface area contributed by atoms with Crippen molar-refractivity contribution < 1.29 is 26.3 Å². The molecular formula is C111H162F6. The standard InChI is InChI=1S/C16H26.C14H19F3.C14H22.C13H17F3.2C13H20.C10H14.2C9H12/c1-10(2)14-8-15(11(3)4)13(7)16(9-14)12(5)6;1-9-6-12(7-10(2)11(9)3)8-13(4,5)14(15,16)17;1-10-7-13(9-14(4,5)6)8-11(2)12(10)3;1-9-5-6-11(7-10(9)2)8-12(3,4)13(14,15)16;1-10-6-7-12(8-11(10)2)9-13(3,4)5;1-9(2)12-7-6-8-13(10(3)4)11(12)5;1-7-5-8(2)10(4)9(3)6-7;1-7-4-5-8(2)9(3)6-7;1-7-5-4-6-8(2)9(7)3/h8-12H,1-7H3;6-7H,8H2,1-5H3;7-8H,9H2,1-6H3;5-7H,8H2,1-4H3;6-8H,9H2,1-5H3;6-10H,1-5H3;5-6H,1-4H3;2*4-6H,1-3H3. The molecule has 0 aliphatic rings. The molecule has 0 saturated carbocycles. The summed E-state index contributed by atoms with van der Waals surface area (Å²) in [6.07, 6.45) is -5.95. The number of hydrogen-bond acceptors (Lipinski definition) is 0. The van der Waals surface area contributed by atoms with Crippen LogP contribution in [0.1, 0.15) is 341 Å². The third-order valence-electron chi connectivity index (χ3n) is 23.1. The SMILES string of the molecule is Cc1c(C(C)C)cc(C(C)C)cc1C(C)C.Cc1c(C(C)C)cccc1C(C)C.Cc1cc(C)c(C)c(C)c1.Cc1cc(CC(C)(C)C(F)(F)F)cc(C)c1C.Cc1cc(CC(C)(C)C)cc(C)c1C.Cc1ccc(C)c(C)c1.Cc1ccc(CC(C)(C)C(F)(F)F)cc1C.Cc1ccc(CC(C)(C)C)cc1C.Cc1cccc(C)c1C. The van der Waals surface area contributed by atoms with Gasteiger partial charge in [-0.15, -0.1) is 0 Å². The van der Waals surface area contributed by atoms with Crippen molar-refractivity contribution in [1.82, 2.24) is 0 Å². The van der Waals surface area contributed by atoms with Gasteiger partial charge in [-0.2, -0.15) is 26.3 Å². The van der Waals surface area contributed by atoms with Gasteiger partial charge in [0.1, 0.15) is 0 Å². The van der Waals surface area contributed by atoms with Gasteiger partial charge < -0.3 is 0 Å². The highest BCUT2D eigenvalue weighted by Crippen LogP contribution is 2.42. The lowest BCUT2D eigenvalue weighted by atomic mass is 9.83. The van der Waals surface area contributed by atoms with Crippen molar-refractivity contribution in [2.75, 3.05) is 0 Å². The first kappa shape index (κ1) is 108. The highest BCUT2D eigenvalue weighted by molar-refractivity contribution is 5.44. The van der Waals surface area contributed by atoms with Crippen LogP contribution >= 0.6 is 0 Å². The van der Waals surface area contributed by atoms with E-state index in [0.717, 1.165) is 51.8 Å². The lowest BCUT2D eigenvalue weighted by Gasteiger charge is -2.28. The Morgan fingerprint density at radius 1 is 0.214 bits per heavy atom. The molecule has 9 rings (SSSR count). The fraction of sp³-hybridized carbons (Fsp3) is 0.514. The van der Waals surface area contributed by atoms with E-state index in [9.17, 15) is 26.3 Å². The molecule has 0 unspecified atom stereocenters. The number of alkyl halides is 6. The minimum absolute atomic E-state index is 0.0254. The van der Waals surface area contributed by atoms with Crippen molar-refractivity contribution in [2.45, 2.75) is 358 Å². The first-order valence-electron chi connectivity index (χ1n) is 43.0. The molecular weight excluding hydrogens is 1450 g/mol. The summed E-state index contributed by atoms with van der Waals surface area (Å²) in [5.74, 6) is 3.14. The summed E-state index contributed by atoms with van der Waals surface area (Å²) in [6.45, 7) is 88.1. The summed E-state index contributed by atoms with van der Waals surface area (Å²) in [5.41, 5.74) is 38.7. The Morgan fingerprint density at radius 3 is 0.744 bits per heavy atom. The van der Waals surface area contributed by atoms with E-state index >= 15 is 0 Å². The summed E-state index contributed by atoms with van der Waals surface area (Å²) in [4.78, 5) is 0. The Hall–Kier alpha value is -7.44. The van der Waals surface area contributed by atoms with E-state index in [-0.39, 0.29) is 12.8 Å². The largest absolute Gasteiger partial charge is 0.394 e. The molecule has 0 amide bonds. The van der Waals surface area contributed by atoms with Gasteiger partial charge in [0.15, 0.2) is 0 Å². The molecule has 0 aliphatic heterocycles. The van der Waals surface area contributed by atoms with Crippen LogP contribution in [0, 0.1) is 174 Å². The third kappa shape index (κ3) is 37.4. The van der Waals surface area contributed by atoms with Crippen molar-refractivity contribution in [3.05, 3.63) is 312 Å². The van der Waals surface area contributed by atoms with Crippen LogP contribution in [0.15, 0.2) is 140 Å². The minimum Gasteiger partial charge on any atom is -0.171 e. The number of aryl methyl sites for hydroxylation is 16. The summed E-state index contributed by atoms with van der Waals surface area (Å²) < 4.78 is 76.5. The summed E-state index contributed by atoms with van der Waals surface area (Å²) in [7, 11) is 0. The van der Waals surface area contributed by atoms with Crippen LogP contribution in [0.3, 0.4) is 0 Å². The second-order valence-corrected chi connectivity index (χ2v) is 39.4. The molecule has 0 atom stereocenters. The van der Waals surface area contributed by atoms with Crippen molar-refractivity contribution in [3.63, 3.8) is 0 Å². The molecule has 0 N–H and O–H groups in total. The molecule has 0 saturated heterocycles. The van der Waals surface area contributed by atoms with Crippen LogP contribution in [-0.4, -0.2) is 12.4 Å². The summed E-state index contributed by atoms with van der Waals surface area (Å²) >= 11 is 0. The Labute approximate surface area is 714 Å². The number of halogens is 6. The van der Waals surface area contributed by atoms with Crippen molar-refractivity contribution in [3.8, 4) is 0 Å². The van der Waals surface area contributed by atoms with E-state index in [4.69, 9.17) is 0 Å². The van der Waals surface area contributed by atoms with Crippen molar-refractivity contribution in [1.29, 1.82) is 0 Å². The van der Waals surface area contributed by atoms with Crippen molar-refractivity contribution in [2.24, 2.45) is 21.7 Å². The Balaban J connectivity index is 0.000000663. The number of benzene rings is 9. The molecule has 0 fully saturated rings. The van der Waals surface area contributed by atoms with E-state index in [1.54, 1.807) is 6.07 Å². The lowest BCUT2D eigenvalue weighted by Crippen LogP contribution is -2.34. The predicted molar refractivity (Wildman–Crippen MR) is 506 cm³/mol. The van der Waals surface area contributed by atoms with Crippen LogP contribution in [-0.2, 0) is 25.7 Å². The Bertz CT molecular complexity index is 4400. The monoisotopic (exact) mass is 1610 g/mol. The maximum atomic E-state index is 12.8. The maximum Gasteiger partial charge on any atom is 0.394 e. The molecule has 0 heterocycles. The van der Waals surface area contributed by atoms with Crippen LogP contribution in [0.25, 0.3) is 0 Å². The third-order valence-corrected chi connectivity index (χ3v) is 23.1. The van der Waals surface area contributed by atoms with E-state index in [1.165, 1.54) is 161 Å². The zero-order chi connectivity index (χ0) is 90.9. The zero-order valence-corrected chi connectivity index (χ0v) is 81.8. The maximum absolute atomic E-state index is 12.8. The molecule has 9 aromatic rings. The van der Waals surface area contributed by atoms with Crippen LogP contribution in [0.2, 0.25) is 0 Å². The van der Waals surface area contributed by atoms with E-state index < -0.39 is 23.2 Å². The quantitative estimate of drug-likeness (QED) is 0.113. The minimum atomic E-state index is -4.17. The molecule has 0 bridgehead atoms. The van der Waals surface area contributed by atoms with Gasteiger partial charge in [-0.1, -0.05) is 289 Å². The molecule has 0 aliphatic carbocycles. The summed E-state index contributed by atoms with van der Waals surface area (Å²) in [6, 6.07) is 49.4. The van der Waals surface area contributed by atoms with Crippen LogP contribution in [0.5, 0.6) is 0 Å². The highest BCUT2D eigenvalue weighted by atomic mass is 19.4. The Morgan fingerprint density at radius 2 is 0.462 bits per heavy atom. The van der Waals surface area contributed by atoms with E-state index in [2.05, 4.69) is 338 Å². The first-order chi connectivity index (χ1) is 53.3. The van der Waals surface area contributed by atoms with Gasteiger partial charge in [0, 0.05) is 0 Å². The normalized spacial score (nSPS) is 11.6. The van der Waals surface area contributed by atoms with Crippen LogP contribution < -0.4 is 0 Å². The highest BCUT2D eigenvalue weighted by Gasteiger charge is 2.48. The molecule has 0 aromatic heterocycles.